The third-order valence-corrected chi connectivity index (χ3v) is 8.07. The zero-order chi connectivity index (χ0) is 25.8. The molecule has 0 aromatic rings. The first-order chi connectivity index (χ1) is 15.1. The standard InChI is InChI=1S/C25H52N2O5S/c1-8-9-10-11-12-13-14-15-16-17-18-19-20-26-25(4,21-33(30,31)32)24(2,3)22(23(28)29)27(5,6)7/h22,26H,8-21H2,1-7H3,(H-,28,29,30,31,32)/p+1. The SMILES string of the molecule is CCCCCCCCCCCCCCNC(C)(CS(=O)(=O)O)C(C)(C)C(C(=O)O)[N+](C)(C)C. The van der Waals surface area contributed by atoms with Crippen LogP contribution in [0.2, 0.25) is 0 Å². The van der Waals surface area contributed by atoms with E-state index in [4.69, 9.17) is 0 Å². The Labute approximate surface area is 204 Å². The number of aliphatic carboxylic acids is 1. The Morgan fingerprint density at radius 1 is 0.848 bits per heavy atom. The Morgan fingerprint density at radius 2 is 1.24 bits per heavy atom. The van der Waals surface area contributed by atoms with Crippen LogP contribution in [-0.2, 0) is 14.9 Å². The van der Waals surface area contributed by atoms with Crippen LogP contribution in [0.1, 0.15) is 105 Å². The van der Waals surface area contributed by atoms with Crippen LogP contribution < -0.4 is 5.32 Å². The molecular formula is C25H53N2O5S+. The largest absolute Gasteiger partial charge is 0.477 e. The van der Waals surface area contributed by atoms with Gasteiger partial charge in [0.2, 0.25) is 0 Å². The predicted molar refractivity (Wildman–Crippen MR) is 137 cm³/mol. The summed E-state index contributed by atoms with van der Waals surface area (Å²) >= 11 is 0. The second-order valence-electron chi connectivity index (χ2n) is 11.5. The molecule has 0 aromatic heterocycles. The van der Waals surface area contributed by atoms with Gasteiger partial charge in [-0.1, -0.05) is 91.4 Å². The number of likely N-dealkylation sites (N-methyl/N-ethyl adjacent to an activating group) is 1. The minimum Gasteiger partial charge on any atom is -0.477 e. The number of unbranched alkanes of at least 4 members (excludes halogenated alkanes) is 11. The van der Waals surface area contributed by atoms with Crippen molar-refractivity contribution in [2.45, 2.75) is 116 Å². The zero-order valence-corrected chi connectivity index (χ0v) is 23.3. The molecule has 0 rings (SSSR count). The van der Waals surface area contributed by atoms with Crippen molar-refractivity contribution in [3.63, 3.8) is 0 Å². The van der Waals surface area contributed by atoms with Gasteiger partial charge in [-0.05, 0) is 19.9 Å². The highest BCUT2D eigenvalue weighted by molar-refractivity contribution is 7.85. The van der Waals surface area contributed by atoms with Crippen molar-refractivity contribution < 1.29 is 27.4 Å². The number of nitrogens with zero attached hydrogens (tertiary/aromatic N) is 1. The average molecular weight is 494 g/mol. The van der Waals surface area contributed by atoms with Crippen molar-refractivity contribution in [2.24, 2.45) is 5.41 Å². The molecule has 0 aromatic carbocycles. The van der Waals surface area contributed by atoms with Crippen molar-refractivity contribution in [2.75, 3.05) is 33.4 Å². The van der Waals surface area contributed by atoms with E-state index in [1.165, 1.54) is 57.8 Å². The molecule has 0 aliphatic heterocycles. The zero-order valence-electron chi connectivity index (χ0n) is 22.5. The molecule has 0 amide bonds. The van der Waals surface area contributed by atoms with Crippen LogP contribution in [0.15, 0.2) is 0 Å². The fourth-order valence-electron chi connectivity index (χ4n) is 5.07. The van der Waals surface area contributed by atoms with Gasteiger partial charge in [-0.3, -0.25) is 4.55 Å². The van der Waals surface area contributed by atoms with E-state index in [1.807, 2.05) is 0 Å². The molecule has 0 spiro atoms. The maximum atomic E-state index is 12.1. The number of carboxylic acid groups (broad SMARTS) is 1. The maximum Gasteiger partial charge on any atom is 0.363 e. The minimum atomic E-state index is -4.30. The van der Waals surface area contributed by atoms with Crippen molar-refractivity contribution in [3.8, 4) is 0 Å². The van der Waals surface area contributed by atoms with Crippen LogP contribution in [0.5, 0.6) is 0 Å². The van der Waals surface area contributed by atoms with Gasteiger partial charge in [0.25, 0.3) is 10.1 Å². The van der Waals surface area contributed by atoms with Crippen LogP contribution in [0.3, 0.4) is 0 Å². The first kappa shape index (κ1) is 32.3. The van der Waals surface area contributed by atoms with E-state index >= 15 is 0 Å². The molecule has 33 heavy (non-hydrogen) atoms. The van der Waals surface area contributed by atoms with Crippen LogP contribution >= 0.6 is 0 Å². The van der Waals surface area contributed by atoms with Crippen molar-refractivity contribution in [1.82, 2.24) is 5.32 Å². The van der Waals surface area contributed by atoms with E-state index in [-0.39, 0.29) is 4.48 Å². The van der Waals surface area contributed by atoms with E-state index in [0.717, 1.165) is 19.3 Å². The minimum absolute atomic E-state index is 0.143. The Balaban J connectivity index is 4.70. The summed E-state index contributed by atoms with van der Waals surface area (Å²) in [6, 6.07) is -0.862. The number of rotatable bonds is 20. The number of carbonyl (C=O) groups is 1. The van der Waals surface area contributed by atoms with E-state index in [9.17, 15) is 22.9 Å². The Morgan fingerprint density at radius 3 is 1.58 bits per heavy atom. The van der Waals surface area contributed by atoms with Gasteiger partial charge in [0.1, 0.15) is 0 Å². The summed E-state index contributed by atoms with van der Waals surface area (Å²) in [5.74, 6) is -1.52. The van der Waals surface area contributed by atoms with Crippen molar-refractivity contribution >= 4 is 16.1 Å². The van der Waals surface area contributed by atoms with Crippen LogP contribution in [-0.4, -0.2) is 73.6 Å². The summed E-state index contributed by atoms with van der Waals surface area (Å²) < 4.78 is 33.4. The Hall–Kier alpha value is -0.700. The van der Waals surface area contributed by atoms with E-state index in [0.29, 0.717) is 6.54 Å². The summed E-state index contributed by atoms with van der Waals surface area (Å²) in [6.45, 7) is 8.08. The maximum absolute atomic E-state index is 12.1. The first-order valence-electron chi connectivity index (χ1n) is 12.8. The van der Waals surface area contributed by atoms with Crippen LogP contribution in [0, 0.1) is 5.41 Å². The van der Waals surface area contributed by atoms with Crippen LogP contribution in [0.4, 0.5) is 0 Å². The van der Waals surface area contributed by atoms with E-state index in [2.05, 4.69) is 12.2 Å². The number of carboxylic acids is 1. The van der Waals surface area contributed by atoms with Crippen molar-refractivity contribution in [3.05, 3.63) is 0 Å². The summed E-state index contributed by atoms with van der Waals surface area (Å²) in [5.41, 5.74) is -2.06. The monoisotopic (exact) mass is 493 g/mol. The lowest BCUT2D eigenvalue weighted by molar-refractivity contribution is -0.895. The van der Waals surface area contributed by atoms with E-state index in [1.54, 1.807) is 41.9 Å². The van der Waals surface area contributed by atoms with E-state index < -0.39 is 38.8 Å². The highest BCUT2D eigenvalue weighted by atomic mass is 32.2. The summed E-state index contributed by atoms with van der Waals surface area (Å²) in [5, 5.41) is 13.3. The second-order valence-corrected chi connectivity index (χ2v) is 12.9. The van der Waals surface area contributed by atoms with Crippen molar-refractivity contribution in [1.29, 1.82) is 0 Å². The number of hydrogen-bond acceptors (Lipinski definition) is 4. The molecule has 0 radical (unpaired) electrons. The normalized spacial score (nSPS) is 15.9. The lowest BCUT2D eigenvalue weighted by atomic mass is 9.68. The van der Waals surface area contributed by atoms with Gasteiger partial charge in [0, 0.05) is 11.0 Å². The molecule has 7 nitrogen and oxygen atoms in total. The summed E-state index contributed by atoms with van der Waals surface area (Å²) in [6.07, 6.45) is 14.9. The third-order valence-electron chi connectivity index (χ3n) is 7.13. The molecule has 2 unspecified atom stereocenters. The Kier molecular flexibility index (Phi) is 14.3. The number of hydrogen-bond donors (Lipinski definition) is 3. The highest BCUT2D eigenvalue weighted by Crippen LogP contribution is 2.39. The molecule has 0 saturated carbocycles. The van der Waals surface area contributed by atoms with Gasteiger partial charge in [-0.25, -0.2) is 4.79 Å². The molecule has 8 heteroatoms. The highest BCUT2D eigenvalue weighted by Gasteiger charge is 2.56. The molecule has 0 heterocycles. The molecule has 0 aliphatic carbocycles. The topological polar surface area (TPSA) is 104 Å². The number of nitrogens with one attached hydrogen (secondary N) is 1. The molecular weight excluding hydrogens is 440 g/mol. The molecule has 3 N–H and O–H groups in total. The molecule has 0 aliphatic rings. The fraction of sp³-hybridized carbons (Fsp3) is 0.960. The third kappa shape index (κ3) is 12.5. The van der Waals surface area contributed by atoms with Gasteiger partial charge >= 0.3 is 5.97 Å². The lowest BCUT2D eigenvalue weighted by Gasteiger charge is -2.50. The fourth-order valence-corrected chi connectivity index (χ4v) is 6.27. The van der Waals surface area contributed by atoms with Crippen LogP contribution in [0.25, 0.3) is 0 Å². The molecule has 0 saturated heterocycles. The molecule has 198 valence electrons. The van der Waals surface area contributed by atoms with Gasteiger partial charge in [0.05, 0.1) is 26.9 Å². The Bertz CT molecular complexity index is 658. The van der Waals surface area contributed by atoms with Gasteiger partial charge < -0.3 is 14.9 Å². The molecule has 2 atom stereocenters. The lowest BCUT2D eigenvalue weighted by Crippen LogP contribution is -2.69. The molecule has 0 fully saturated rings. The number of quaternary nitrogens is 1. The molecule has 0 bridgehead atoms. The smallest absolute Gasteiger partial charge is 0.363 e. The first-order valence-corrected chi connectivity index (χ1v) is 14.4. The summed E-state index contributed by atoms with van der Waals surface area (Å²) in [4.78, 5) is 12.1. The quantitative estimate of drug-likeness (QED) is 0.124. The summed E-state index contributed by atoms with van der Waals surface area (Å²) in [7, 11) is 1.07. The van der Waals surface area contributed by atoms with Gasteiger partial charge in [-0.2, -0.15) is 8.42 Å². The predicted octanol–water partition coefficient (Wildman–Crippen LogP) is 5.11. The second kappa shape index (κ2) is 14.6. The van der Waals surface area contributed by atoms with Gasteiger partial charge in [-0.15, -0.1) is 0 Å². The average Bonchev–Trinajstić information content (AvgIpc) is 2.62. The van der Waals surface area contributed by atoms with Gasteiger partial charge in [0.15, 0.2) is 6.04 Å².